The number of hydrogen-bond donors (Lipinski definition) is 2. The average molecular weight is 428 g/mol. The van der Waals surface area contributed by atoms with Crippen LogP contribution in [0.1, 0.15) is 36.9 Å². The predicted molar refractivity (Wildman–Crippen MR) is 126 cm³/mol. The second-order valence-electron chi connectivity index (χ2n) is 8.00. The highest BCUT2D eigenvalue weighted by Crippen LogP contribution is 2.36. The molecule has 0 aliphatic heterocycles. The molecule has 1 aliphatic carbocycles. The minimum absolute atomic E-state index is 0.257. The molecule has 32 heavy (non-hydrogen) atoms. The number of allylic oxidation sites excluding steroid dienone is 2. The van der Waals surface area contributed by atoms with E-state index in [0.29, 0.717) is 28.2 Å². The van der Waals surface area contributed by atoms with Crippen LogP contribution in [-0.4, -0.2) is 26.8 Å². The van der Waals surface area contributed by atoms with E-state index in [2.05, 4.69) is 11.1 Å². The van der Waals surface area contributed by atoms with Gasteiger partial charge in [-0.25, -0.2) is 0 Å². The molecule has 0 spiro atoms. The Balaban J connectivity index is 1.81. The van der Waals surface area contributed by atoms with Crippen molar-refractivity contribution in [2.45, 2.75) is 32.3 Å². The molecule has 4 aromatic rings. The van der Waals surface area contributed by atoms with Crippen molar-refractivity contribution in [1.29, 1.82) is 0 Å². The third-order valence-electron chi connectivity index (χ3n) is 6.06. The van der Waals surface area contributed by atoms with Gasteiger partial charge in [-0.1, -0.05) is 48.5 Å². The third-order valence-corrected chi connectivity index (χ3v) is 6.06. The summed E-state index contributed by atoms with van der Waals surface area (Å²) < 4.78 is 6.69. The van der Waals surface area contributed by atoms with E-state index in [0.717, 1.165) is 36.1 Å². The summed E-state index contributed by atoms with van der Waals surface area (Å²) in [4.78, 5) is 17.0. The van der Waals surface area contributed by atoms with Crippen LogP contribution in [0.2, 0.25) is 0 Å². The van der Waals surface area contributed by atoms with Crippen LogP contribution in [0.15, 0.2) is 65.5 Å². The molecule has 2 aromatic carbocycles. The van der Waals surface area contributed by atoms with Crippen molar-refractivity contribution in [3.8, 4) is 28.1 Å². The minimum atomic E-state index is -0.280. The number of nitrogens with one attached hydrogen (secondary N) is 1. The number of fused-ring (bicyclic) bond motifs is 1. The highest BCUT2D eigenvalue weighted by molar-refractivity contribution is 5.88. The van der Waals surface area contributed by atoms with Gasteiger partial charge in [0.05, 0.1) is 25.0 Å². The second kappa shape index (κ2) is 8.48. The summed E-state index contributed by atoms with van der Waals surface area (Å²) in [5.41, 5.74) is 5.85. The van der Waals surface area contributed by atoms with E-state index in [9.17, 15) is 9.90 Å². The molecule has 0 saturated heterocycles. The van der Waals surface area contributed by atoms with E-state index in [-0.39, 0.29) is 12.2 Å². The summed E-state index contributed by atoms with van der Waals surface area (Å²) in [6.45, 7) is -0.280. The van der Waals surface area contributed by atoms with Crippen LogP contribution in [0.3, 0.4) is 0 Å². The number of hydrogen-bond acceptors (Lipinski definition) is 4. The number of aromatic amines is 1. The highest BCUT2D eigenvalue weighted by atomic mass is 16.5. The van der Waals surface area contributed by atoms with Gasteiger partial charge >= 0.3 is 0 Å². The number of H-pyrrole nitrogens is 1. The van der Waals surface area contributed by atoms with Crippen LogP contribution < -0.4 is 10.3 Å². The fourth-order valence-corrected chi connectivity index (χ4v) is 4.46. The number of aliphatic hydroxyl groups is 1. The lowest BCUT2D eigenvalue weighted by atomic mass is 9.92. The van der Waals surface area contributed by atoms with Gasteiger partial charge in [0, 0.05) is 11.1 Å². The van der Waals surface area contributed by atoms with Crippen molar-refractivity contribution in [2.24, 2.45) is 0 Å². The normalized spacial score (nSPS) is 13.9. The Morgan fingerprint density at radius 1 is 1.03 bits per heavy atom. The van der Waals surface area contributed by atoms with Gasteiger partial charge in [-0.2, -0.15) is 9.61 Å². The summed E-state index contributed by atoms with van der Waals surface area (Å²) in [5, 5.41) is 14.9. The van der Waals surface area contributed by atoms with Gasteiger partial charge < -0.3 is 14.8 Å². The lowest BCUT2D eigenvalue weighted by Crippen LogP contribution is -2.20. The number of aromatic nitrogens is 3. The maximum atomic E-state index is 13.7. The van der Waals surface area contributed by atoms with E-state index >= 15 is 0 Å². The monoisotopic (exact) mass is 427 g/mol. The van der Waals surface area contributed by atoms with E-state index in [1.54, 1.807) is 19.2 Å². The Hall–Kier alpha value is -3.64. The summed E-state index contributed by atoms with van der Waals surface area (Å²) in [5.74, 6) is 0.703. The molecule has 2 aromatic heterocycles. The highest BCUT2D eigenvalue weighted by Gasteiger charge is 2.24. The molecule has 6 heteroatoms. The quantitative estimate of drug-likeness (QED) is 0.479. The number of nitrogens with zero attached hydrogens (tertiary/aromatic N) is 2. The predicted octanol–water partition coefficient (Wildman–Crippen LogP) is 4.81. The van der Waals surface area contributed by atoms with Gasteiger partial charge in [-0.3, -0.25) is 4.79 Å². The number of methoxy groups -OCH3 is 1. The summed E-state index contributed by atoms with van der Waals surface area (Å²) >= 11 is 0. The third kappa shape index (κ3) is 3.42. The van der Waals surface area contributed by atoms with Crippen LogP contribution in [-0.2, 0) is 6.61 Å². The van der Waals surface area contributed by atoms with Gasteiger partial charge in [-0.15, -0.1) is 0 Å². The first-order valence-corrected chi connectivity index (χ1v) is 10.9. The van der Waals surface area contributed by atoms with E-state index in [4.69, 9.17) is 9.84 Å². The van der Waals surface area contributed by atoms with E-state index < -0.39 is 0 Å². The fraction of sp³-hybridized carbons (Fsp3) is 0.231. The molecule has 0 unspecified atom stereocenters. The molecule has 0 bridgehead atoms. The minimum Gasteiger partial charge on any atom is -0.497 e. The lowest BCUT2D eigenvalue weighted by Gasteiger charge is -2.14. The molecule has 2 heterocycles. The molecule has 0 atom stereocenters. The zero-order chi connectivity index (χ0) is 22.1. The maximum Gasteiger partial charge on any atom is 0.282 e. The summed E-state index contributed by atoms with van der Waals surface area (Å²) in [6, 6.07) is 17.2. The fourth-order valence-electron chi connectivity index (χ4n) is 4.46. The molecule has 1 aliphatic rings. The molecule has 0 radical (unpaired) electrons. The Morgan fingerprint density at radius 2 is 1.81 bits per heavy atom. The number of benzene rings is 2. The summed E-state index contributed by atoms with van der Waals surface area (Å²) in [6.07, 6.45) is 6.49. The van der Waals surface area contributed by atoms with E-state index in [1.807, 2.05) is 42.5 Å². The molecule has 2 N–H and O–H groups in total. The van der Waals surface area contributed by atoms with Crippen LogP contribution in [0.4, 0.5) is 0 Å². The number of ether oxygens (including phenoxy) is 1. The van der Waals surface area contributed by atoms with Crippen LogP contribution in [0.25, 0.3) is 33.6 Å². The first kappa shape index (κ1) is 20.3. The van der Waals surface area contributed by atoms with Crippen molar-refractivity contribution >= 4 is 11.2 Å². The Labute approximate surface area is 185 Å². The largest absolute Gasteiger partial charge is 0.497 e. The van der Waals surface area contributed by atoms with Crippen LogP contribution >= 0.6 is 0 Å². The zero-order valence-corrected chi connectivity index (χ0v) is 18.0. The molecule has 0 saturated carbocycles. The Bertz CT molecular complexity index is 1350. The Kier molecular flexibility index (Phi) is 5.37. The molecule has 0 fully saturated rings. The van der Waals surface area contributed by atoms with Crippen LogP contribution in [0, 0.1) is 0 Å². The second-order valence-corrected chi connectivity index (χ2v) is 8.00. The summed E-state index contributed by atoms with van der Waals surface area (Å²) in [7, 11) is 1.60. The maximum absolute atomic E-state index is 13.7. The molecule has 162 valence electrons. The van der Waals surface area contributed by atoms with Gasteiger partial charge in [0.15, 0.2) is 0 Å². The van der Waals surface area contributed by atoms with Gasteiger partial charge in [0.2, 0.25) is 0 Å². The van der Waals surface area contributed by atoms with Crippen molar-refractivity contribution in [1.82, 2.24) is 14.6 Å². The SMILES string of the molecule is COc1ccc(-c2c(CO)[nH]c3c(C4=CCCCC4)c(-c4ccccc4)nn3c2=O)cc1. The zero-order valence-electron chi connectivity index (χ0n) is 18.0. The molecular weight excluding hydrogens is 402 g/mol. The molecule has 0 amide bonds. The Morgan fingerprint density at radius 3 is 2.47 bits per heavy atom. The van der Waals surface area contributed by atoms with Crippen molar-refractivity contribution in [3.05, 3.63) is 82.3 Å². The first-order valence-electron chi connectivity index (χ1n) is 10.9. The van der Waals surface area contributed by atoms with Gasteiger partial charge in [-0.05, 0) is 49.0 Å². The van der Waals surface area contributed by atoms with E-state index in [1.165, 1.54) is 16.5 Å². The average Bonchev–Trinajstić information content (AvgIpc) is 3.25. The standard InChI is InChI=1S/C26H25N3O3/c1-32-20-14-12-18(13-15-20)22-21(16-30)27-25-23(17-8-4-2-5-9-17)24(28-29(25)26(22)31)19-10-6-3-7-11-19/h3,6-8,10-15,27,30H,2,4-5,9,16H2,1H3. The number of rotatable bonds is 5. The molecular formula is C26H25N3O3. The van der Waals surface area contributed by atoms with Crippen LogP contribution in [0.5, 0.6) is 5.75 Å². The van der Waals surface area contributed by atoms with Crippen molar-refractivity contribution in [2.75, 3.05) is 7.11 Å². The van der Waals surface area contributed by atoms with Gasteiger partial charge in [0.25, 0.3) is 5.56 Å². The smallest absolute Gasteiger partial charge is 0.282 e. The lowest BCUT2D eigenvalue weighted by molar-refractivity contribution is 0.277. The molecule has 5 rings (SSSR count). The molecule has 6 nitrogen and oxygen atoms in total. The van der Waals surface area contributed by atoms with Crippen molar-refractivity contribution in [3.63, 3.8) is 0 Å². The first-order chi connectivity index (χ1) is 15.7. The van der Waals surface area contributed by atoms with Crippen molar-refractivity contribution < 1.29 is 9.84 Å². The number of aliphatic hydroxyl groups excluding tert-OH is 1. The van der Waals surface area contributed by atoms with Gasteiger partial charge in [0.1, 0.15) is 17.1 Å². The topological polar surface area (TPSA) is 79.6 Å².